The Morgan fingerprint density at radius 1 is 1.14 bits per heavy atom. The summed E-state index contributed by atoms with van der Waals surface area (Å²) in [5.41, 5.74) is 2.03. The van der Waals surface area contributed by atoms with Gasteiger partial charge in [-0.3, -0.25) is 9.69 Å². The van der Waals surface area contributed by atoms with Crippen LogP contribution in [-0.2, 0) is 19.6 Å². The zero-order valence-corrected chi connectivity index (χ0v) is 22.4. The summed E-state index contributed by atoms with van der Waals surface area (Å²) in [6.45, 7) is 11.6. The van der Waals surface area contributed by atoms with E-state index in [9.17, 15) is 26.4 Å². The van der Waals surface area contributed by atoms with Crippen LogP contribution in [-0.4, -0.2) is 104 Å². The molecule has 2 aliphatic heterocycles. The number of carbonyl (C=O) groups excluding carboxylic acids is 1. The number of sulfonamides is 1. The Labute approximate surface area is 216 Å². The van der Waals surface area contributed by atoms with Crippen molar-refractivity contribution in [2.75, 3.05) is 52.4 Å². The Kier molecular flexibility index (Phi) is 11.3. The maximum atomic E-state index is 13.5. The van der Waals surface area contributed by atoms with Gasteiger partial charge in [0.1, 0.15) is 0 Å². The van der Waals surface area contributed by atoms with Gasteiger partial charge in [-0.1, -0.05) is 13.0 Å². The molecule has 0 saturated carbocycles. The molecule has 1 unspecified atom stereocenters. The molecular formula is C24H37F3N4O5S. The van der Waals surface area contributed by atoms with Crippen LogP contribution in [0, 0.1) is 13.8 Å². The molecule has 2 aliphatic rings. The Bertz CT molecular complexity index is 1030. The third kappa shape index (κ3) is 8.94. The number of carboxylic acids is 1. The van der Waals surface area contributed by atoms with Crippen LogP contribution in [0.15, 0.2) is 23.1 Å². The number of carbonyl (C=O) groups is 2. The van der Waals surface area contributed by atoms with E-state index >= 15 is 0 Å². The predicted octanol–water partition coefficient (Wildman–Crippen LogP) is 2.23. The normalized spacial score (nSPS) is 19.0. The van der Waals surface area contributed by atoms with Gasteiger partial charge in [-0.15, -0.1) is 0 Å². The van der Waals surface area contributed by atoms with E-state index in [1.54, 1.807) is 16.4 Å². The molecule has 1 amide bonds. The van der Waals surface area contributed by atoms with Gasteiger partial charge in [-0.2, -0.15) is 17.5 Å². The van der Waals surface area contributed by atoms with Gasteiger partial charge < -0.3 is 15.3 Å². The van der Waals surface area contributed by atoms with Gasteiger partial charge in [0.25, 0.3) is 0 Å². The second-order valence-corrected chi connectivity index (χ2v) is 11.2. The summed E-state index contributed by atoms with van der Waals surface area (Å²) >= 11 is 0. The van der Waals surface area contributed by atoms with Crippen molar-refractivity contribution in [1.29, 1.82) is 0 Å². The first kappa shape index (κ1) is 31.0. The highest BCUT2D eigenvalue weighted by Gasteiger charge is 2.38. The minimum Gasteiger partial charge on any atom is -0.475 e. The second-order valence-electron chi connectivity index (χ2n) is 9.22. The molecule has 3 rings (SSSR count). The lowest BCUT2D eigenvalue weighted by molar-refractivity contribution is -0.192. The maximum Gasteiger partial charge on any atom is 0.490 e. The highest BCUT2D eigenvalue weighted by Crippen LogP contribution is 2.24. The lowest BCUT2D eigenvalue weighted by Gasteiger charge is -2.31. The molecule has 0 aromatic heterocycles. The number of likely N-dealkylation sites (N-methyl/N-ethyl adjacent to an activating group) is 1. The number of likely N-dealkylation sites (tertiary alicyclic amines) is 1. The van der Waals surface area contributed by atoms with Gasteiger partial charge in [0, 0.05) is 51.7 Å². The number of nitrogens with zero attached hydrogens (tertiary/aromatic N) is 3. The SMILES string of the molecule is CCN1CCCC1CN(CCC(=O)N1CCNCC1)S(=O)(=O)c1ccc(C)c(C)c1.O=C(O)C(F)(F)F. The van der Waals surface area contributed by atoms with Gasteiger partial charge in [0.05, 0.1) is 4.90 Å². The van der Waals surface area contributed by atoms with Crippen molar-refractivity contribution in [2.45, 2.75) is 57.1 Å². The molecular weight excluding hydrogens is 513 g/mol. The van der Waals surface area contributed by atoms with E-state index in [1.807, 2.05) is 24.8 Å². The minimum absolute atomic E-state index is 0.0376. The van der Waals surface area contributed by atoms with Gasteiger partial charge in [0.2, 0.25) is 15.9 Å². The molecule has 1 aromatic carbocycles. The van der Waals surface area contributed by atoms with E-state index in [1.165, 1.54) is 0 Å². The molecule has 0 aliphatic carbocycles. The first-order valence-electron chi connectivity index (χ1n) is 12.4. The number of amides is 1. The van der Waals surface area contributed by atoms with E-state index in [4.69, 9.17) is 9.90 Å². The Balaban J connectivity index is 0.000000604. The fraction of sp³-hybridized carbons (Fsp3) is 0.667. The molecule has 1 aromatic rings. The highest BCUT2D eigenvalue weighted by molar-refractivity contribution is 7.89. The number of nitrogens with one attached hydrogen (secondary N) is 1. The molecule has 0 radical (unpaired) electrons. The number of alkyl halides is 3. The summed E-state index contributed by atoms with van der Waals surface area (Å²) in [7, 11) is -3.66. The fourth-order valence-electron chi connectivity index (χ4n) is 4.38. The van der Waals surface area contributed by atoms with Crippen LogP contribution in [0.1, 0.15) is 37.3 Å². The van der Waals surface area contributed by atoms with Crippen LogP contribution in [0.4, 0.5) is 13.2 Å². The number of carboxylic acid groups (broad SMARTS) is 1. The second kappa shape index (κ2) is 13.5. The van der Waals surface area contributed by atoms with Crippen LogP contribution in [0.2, 0.25) is 0 Å². The van der Waals surface area contributed by atoms with Gasteiger partial charge in [0.15, 0.2) is 0 Å². The molecule has 0 spiro atoms. The van der Waals surface area contributed by atoms with Crippen LogP contribution in [0.25, 0.3) is 0 Å². The number of aryl methyl sites for hydroxylation is 2. The van der Waals surface area contributed by atoms with Crippen molar-refractivity contribution in [1.82, 2.24) is 19.4 Å². The predicted molar refractivity (Wildman–Crippen MR) is 133 cm³/mol. The molecule has 2 saturated heterocycles. The van der Waals surface area contributed by atoms with E-state index in [2.05, 4.69) is 17.1 Å². The average molecular weight is 551 g/mol. The lowest BCUT2D eigenvalue weighted by atomic mass is 10.1. The van der Waals surface area contributed by atoms with Crippen molar-refractivity contribution < 1.29 is 36.3 Å². The number of rotatable bonds is 8. The van der Waals surface area contributed by atoms with Gasteiger partial charge in [-0.05, 0) is 63.0 Å². The smallest absolute Gasteiger partial charge is 0.475 e. The number of benzene rings is 1. The van der Waals surface area contributed by atoms with E-state index in [0.29, 0.717) is 24.5 Å². The van der Waals surface area contributed by atoms with E-state index < -0.39 is 22.2 Å². The third-order valence-corrected chi connectivity index (χ3v) is 8.58. The van der Waals surface area contributed by atoms with E-state index in [-0.39, 0.29) is 24.9 Å². The van der Waals surface area contributed by atoms with Crippen molar-refractivity contribution in [3.8, 4) is 0 Å². The molecule has 9 nitrogen and oxygen atoms in total. The summed E-state index contributed by atoms with van der Waals surface area (Å²) in [6, 6.07) is 5.52. The summed E-state index contributed by atoms with van der Waals surface area (Å²) in [4.78, 5) is 26.1. The Morgan fingerprint density at radius 3 is 2.30 bits per heavy atom. The maximum absolute atomic E-state index is 13.5. The highest BCUT2D eigenvalue weighted by atomic mass is 32.2. The largest absolute Gasteiger partial charge is 0.490 e. The number of hydrogen-bond acceptors (Lipinski definition) is 6. The fourth-order valence-corrected chi connectivity index (χ4v) is 5.94. The first-order chi connectivity index (χ1) is 17.3. The summed E-state index contributed by atoms with van der Waals surface area (Å²) < 4.78 is 60.4. The standard InChI is InChI=1S/C22H36N4O3S.C2HF3O2/c1-4-24-12-5-6-20(24)17-26(13-9-22(27)25-14-10-23-11-15-25)30(28,29)21-8-7-18(2)19(3)16-21;3-2(4,5)1(6)7/h7-8,16,20,23H,4-6,9-15,17H2,1-3H3;(H,6,7). The lowest BCUT2D eigenvalue weighted by Crippen LogP contribution is -2.48. The number of halogens is 3. The monoisotopic (exact) mass is 550 g/mol. The number of piperazine rings is 1. The van der Waals surface area contributed by atoms with Crippen LogP contribution in [0.5, 0.6) is 0 Å². The Morgan fingerprint density at radius 2 is 1.76 bits per heavy atom. The van der Waals surface area contributed by atoms with Crippen molar-refractivity contribution in [2.24, 2.45) is 0 Å². The van der Waals surface area contributed by atoms with E-state index in [0.717, 1.165) is 50.1 Å². The summed E-state index contributed by atoms with van der Waals surface area (Å²) in [5.74, 6) is -2.72. The zero-order chi connectivity index (χ0) is 27.8. The Hall–Kier alpha value is -2.22. The van der Waals surface area contributed by atoms with Crippen LogP contribution >= 0.6 is 0 Å². The molecule has 1 atom stereocenters. The van der Waals surface area contributed by atoms with Crippen molar-refractivity contribution in [3.63, 3.8) is 0 Å². The van der Waals surface area contributed by atoms with Crippen LogP contribution < -0.4 is 5.32 Å². The quantitative estimate of drug-likeness (QED) is 0.511. The molecule has 37 heavy (non-hydrogen) atoms. The van der Waals surface area contributed by atoms with Crippen LogP contribution in [0.3, 0.4) is 0 Å². The third-order valence-electron chi connectivity index (χ3n) is 6.72. The topological polar surface area (TPSA) is 110 Å². The summed E-state index contributed by atoms with van der Waals surface area (Å²) in [5, 5.41) is 10.4. The van der Waals surface area contributed by atoms with Gasteiger partial charge >= 0.3 is 12.1 Å². The van der Waals surface area contributed by atoms with Crippen molar-refractivity contribution in [3.05, 3.63) is 29.3 Å². The zero-order valence-electron chi connectivity index (χ0n) is 21.6. The number of aliphatic carboxylic acids is 1. The molecule has 2 heterocycles. The molecule has 2 fully saturated rings. The number of hydrogen-bond donors (Lipinski definition) is 2. The average Bonchev–Trinajstić information content (AvgIpc) is 3.30. The van der Waals surface area contributed by atoms with Crippen molar-refractivity contribution >= 4 is 21.9 Å². The molecule has 13 heteroatoms. The first-order valence-corrected chi connectivity index (χ1v) is 13.8. The minimum atomic E-state index is -5.08. The van der Waals surface area contributed by atoms with Gasteiger partial charge in [-0.25, -0.2) is 13.2 Å². The summed E-state index contributed by atoms with van der Waals surface area (Å²) in [6.07, 6.45) is -2.77. The molecule has 0 bridgehead atoms. The molecule has 210 valence electrons. The molecule has 2 N–H and O–H groups in total.